The highest BCUT2D eigenvalue weighted by Gasteiger charge is 2.77. The average molecular weight is 843 g/mol. The summed E-state index contributed by atoms with van der Waals surface area (Å²) in [6.45, 7) is 0. The Morgan fingerprint density at radius 1 is 0.667 bits per heavy atom. The molecule has 196 valence electrons. The highest BCUT2D eigenvalue weighted by molar-refractivity contribution is 14.1. The van der Waals surface area contributed by atoms with Gasteiger partial charge in [0.05, 0.1) is 24.7 Å². The molecule has 0 aromatic carbocycles. The predicted octanol–water partition coefficient (Wildman–Crippen LogP) is -4.71. The summed E-state index contributed by atoms with van der Waals surface area (Å²) in [5, 5.41) is -12.6. The van der Waals surface area contributed by atoms with Crippen molar-refractivity contribution < 1.29 is 89.3 Å². The summed E-state index contributed by atoms with van der Waals surface area (Å²) in [5.41, 5.74) is 0. The topological polar surface area (TPSA) is 309 Å². The van der Waals surface area contributed by atoms with Gasteiger partial charge in [-0.1, -0.05) is 35.1 Å². The minimum atomic E-state index is -2.39. The number of nitrogens with zero attached hydrogens (tertiary/aromatic N) is 8. The van der Waals surface area contributed by atoms with Gasteiger partial charge in [-0.3, -0.25) is 4.84 Å². The van der Waals surface area contributed by atoms with E-state index in [1.807, 2.05) is 0 Å². The number of hydroxylamine groups is 2. The van der Waals surface area contributed by atoms with Crippen LogP contribution >= 0.6 is 69.0 Å². The van der Waals surface area contributed by atoms with Crippen molar-refractivity contribution in [3.8, 4) is 0 Å². The lowest BCUT2D eigenvalue weighted by Gasteiger charge is -2.33. The van der Waals surface area contributed by atoms with Crippen molar-refractivity contribution in [2.45, 2.75) is 0 Å². The van der Waals surface area contributed by atoms with E-state index in [0.29, 0.717) is 5.23 Å². The smallest absolute Gasteiger partial charge is 0.259 e. The molecule has 28 nitrogen and oxygen atoms in total. The molecule has 33 heavy (non-hydrogen) atoms. The Balaban J connectivity index is 2.66. The Bertz CT molecular complexity index is 689. The molecule has 2 bridgehead atoms. The molecular weight excluding hydrogens is 823 g/mol. The van der Waals surface area contributed by atoms with Gasteiger partial charge in [0.25, 0.3) is 5.08 Å². The Kier molecular flexibility index (Phi) is 9.93. The number of rotatable bonds is 6. The molecule has 2 fully saturated rings. The first kappa shape index (κ1) is 30.3. The van der Waals surface area contributed by atoms with E-state index in [0.717, 1.165) is 37.2 Å². The maximum absolute atomic E-state index is 5.85. The first-order valence-corrected chi connectivity index (χ1v) is 9.78. The molecule has 2 heterocycles. The first-order valence-electron chi connectivity index (χ1n) is 7.14. The van der Waals surface area contributed by atoms with Gasteiger partial charge >= 0.3 is 25.4 Å². The van der Waals surface area contributed by atoms with Crippen LogP contribution in [-0.2, 0) is 58.8 Å². The van der Waals surface area contributed by atoms with E-state index in [4.69, 9.17) is 94.8 Å². The lowest BCUT2D eigenvalue weighted by molar-refractivity contribution is -1.79. The Morgan fingerprint density at radius 3 is 1.64 bits per heavy atom. The first-order chi connectivity index (χ1) is 15.0. The van der Waals surface area contributed by atoms with Crippen LogP contribution < -0.4 is 40.9 Å². The van der Waals surface area contributed by atoms with Crippen LogP contribution in [0.2, 0.25) is 0 Å². The molecule has 0 aliphatic carbocycles. The fourth-order valence-corrected chi connectivity index (χ4v) is 2.12. The van der Waals surface area contributed by atoms with E-state index in [1.54, 1.807) is 0 Å². The van der Waals surface area contributed by atoms with E-state index in [9.17, 15) is 0 Å². The molecule has 6 atom stereocenters. The third-order valence-electron chi connectivity index (χ3n) is 2.49. The van der Waals surface area contributed by atoms with Crippen LogP contribution in [0.5, 0.6) is 0 Å². The number of hydrazine groups is 1. The second kappa shape index (κ2) is 10.8. The van der Waals surface area contributed by atoms with Crippen molar-refractivity contribution >= 4 is 69.0 Å². The van der Waals surface area contributed by atoms with Crippen LogP contribution in [0.3, 0.4) is 0 Å². The summed E-state index contributed by atoms with van der Waals surface area (Å²) in [4.78, 5) is 49.5. The summed E-state index contributed by atoms with van der Waals surface area (Å²) in [6, 6.07) is 0. The van der Waals surface area contributed by atoms with Gasteiger partial charge in [0.2, 0.25) is 78.9 Å². The van der Waals surface area contributed by atoms with Gasteiger partial charge in [-0.25, -0.2) is 5.84 Å². The number of hydrogen-bond donors (Lipinski definition) is 7. The zero-order valence-corrected chi connectivity index (χ0v) is 22.5. The maximum Gasteiger partial charge on any atom is 0.359 e. The summed E-state index contributed by atoms with van der Waals surface area (Å²) in [5.74, 6) is 40.0. The normalized spacial score (nSPS) is 46.1. The van der Waals surface area contributed by atoms with Gasteiger partial charge in [0.1, 0.15) is 0 Å². The molecule has 0 saturated carbocycles. The number of nitrogens with two attached hydrogens (primary N) is 7. The summed E-state index contributed by atoms with van der Waals surface area (Å²) in [7, 11) is 2.09. The molecule has 14 N–H and O–H groups in total. The molecule has 31 heteroatoms. The van der Waals surface area contributed by atoms with Crippen LogP contribution in [0.25, 0.3) is 0 Å². The van der Waals surface area contributed by atoms with Crippen LogP contribution in [0.15, 0.2) is 0 Å². The number of hydrogen-bond acceptors (Lipinski definition) is 22. The van der Waals surface area contributed by atoms with Crippen molar-refractivity contribution in [1.29, 1.82) is 0 Å². The Labute approximate surface area is 223 Å². The third kappa shape index (κ3) is 8.03. The molecule has 2 aliphatic rings. The fourth-order valence-electron chi connectivity index (χ4n) is 1.69. The second-order valence-electron chi connectivity index (χ2n) is 5.09. The van der Waals surface area contributed by atoms with Gasteiger partial charge in [-0.05, 0) is 9.50 Å². The van der Waals surface area contributed by atoms with Gasteiger partial charge in [0.15, 0.2) is 19.8 Å². The van der Waals surface area contributed by atoms with Gasteiger partial charge in [-0.15, -0.1) is 0 Å². The third-order valence-corrected chi connectivity index (χ3v) is 4.13. The summed E-state index contributed by atoms with van der Waals surface area (Å²) < 4.78 is 14.3. The van der Waals surface area contributed by atoms with E-state index in [-0.39, 0.29) is 5.34 Å². The van der Waals surface area contributed by atoms with E-state index >= 15 is 0 Å². The Morgan fingerprint density at radius 2 is 1.12 bits per heavy atom. The SMILES string of the molecule is CON(N)O[N+]1(N)O[N+](N)(OI)O[N+](N)(OI)O[N+]2(N)ON(C)O[N+](N)(OI)O[N+](N)(O2)O1. The second-order valence-corrected chi connectivity index (χ2v) is 6.27. The number of quaternary nitrogens is 6. The molecular formula is C2H20I3N15O13+6. The quantitative estimate of drug-likeness (QED) is 0.0572. The monoisotopic (exact) mass is 843 g/mol. The van der Waals surface area contributed by atoms with Crippen LogP contribution in [0, 0.1) is 0 Å². The molecule has 6 unspecified atom stereocenters. The van der Waals surface area contributed by atoms with Crippen molar-refractivity contribution in [3.63, 3.8) is 0 Å². The molecule has 2 rings (SSSR count). The van der Waals surface area contributed by atoms with E-state index in [1.165, 1.54) is 46.0 Å². The van der Waals surface area contributed by atoms with Crippen molar-refractivity contribution in [3.05, 3.63) is 0 Å². The lowest BCUT2D eigenvalue weighted by Crippen LogP contribution is -2.83. The molecule has 2 saturated heterocycles. The zero-order chi connectivity index (χ0) is 25.3. The van der Waals surface area contributed by atoms with E-state index in [2.05, 4.69) is 4.84 Å². The van der Waals surface area contributed by atoms with Crippen molar-refractivity contribution in [2.24, 2.45) is 40.9 Å². The lowest BCUT2D eigenvalue weighted by atomic mass is 11.5. The number of halogens is 3. The largest absolute Gasteiger partial charge is 0.359 e. The fraction of sp³-hybridized carbons (Fsp3) is 1.00. The summed E-state index contributed by atoms with van der Waals surface area (Å²) >= 11 is 3.57. The van der Waals surface area contributed by atoms with Crippen LogP contribution in [0.1, 0.15) is 0 Å². The van der Waals surface area contributed by atoms with Crippen LogP contribution in [-0.4, -0.2) is 55.2 Å². The van der Waals surface area contributed by atoms with E-state index < -0.39 is 30.5 Å². The molecule has 0 aromatic rings. The molecule has 0 amide bonds. The van der Waals surface area contributed by atoms with Crippen LogP contribution in [0.4, 0.5) is 0 Å². The Hall–Kier alpha value is 1.07. The molecule has 0 aromatic heterocycles. The molecule has 0 spiro atoms. The van der Waals surface area contributed by atoms with Crippen molar-refractivity contribution in [2.75, 3.05) is 14.2 Å². The maximum atomic E-state index is 5.85. The predicted molar refractivity (Wildman–Crippen MR) is 103 cm³/mol. The van der Waals surface area contributed by atoms with Gasteiger partial charge in [-0.2, -0.15) is 0 Å². The molecule has 2 aliphatic heterocycles. The molecule has 0 radical (unpaired) electrons. The highest BCUT2D eigenvalue weighted by atomic mass is 127. The standard InChI is InChI=1S/C2H20I3N15O13/c1-13-25-15(7,22-3)28-20(12)32-18(10,26-13)30-16(8,23-4)29-17(9,24-5)31-19(11,33-20)27-14(6)21-2/h6-12H2,1-2H3/q+6. The average Bonchev–Trinajstić information content (AvgIpc) is 2.64. The minimum Gasteiger partial charge on any atom is -0.259 e. The highest BCUT2D eigenvalue weighted by Crippen LogP contribution is 2.32. The van der Waals surface area contributed by atoms with Gasteiger partial charge in [0, 0.05) is 14.8 Å². The zero-order valence-electron chi connectivity index (χ0n) is 16.1. The summed E-state index contributed by atoms with van der Waals surface area (Å²) in [6.07, 6.45) is 0. The minimum absolute atomic E-state index is 0.0695. The number of fused-ring (bicyclic) bond motifs is 2. The van der Waals surface area contributed by atoms with Crippen molar-refractivity contribution in [1.82, 2.24) is 10.6 Å². The van der Waals surface area contributed by atoms with Gasteiger partial charge < -0.3 is 0 Å².